The van der Waals surface area contributed by atoms with E-state index in [4.69, 9.17) is 0 Å². The third-order valence-electron chi connectivity index (χ3n) is 13.3. The Labute approximate surface area is 354 Å². The summed E-state index contributed by atoms with van der Waals surface area (Å²) in [6.45, 7) is 0. The zero-order valence-electron chi connectivity index (χ0n) is 33.3. The number of para-hydroxylation sites is 1. The molecule has 61 heavy (non-hydrogen) atoms. The van der Waals surface area contributed by atoms with Crippen molar-refractivity contribution in [3.05, 3.63) is 253 Å². The molecule has 0 saturated carbocycles. The Hall–Kier alpha value is -7.94. The Kier molecular flexibility index (Phi) is 7.26. The highest BCUT2D eigenvalue weighted by atomic mass is 15.1. The molecule has 0 fully saturated rings. The first kappa shape index (κ1) is 34.0. The molecule has 0 bridgehead atoms. The van der Waals surface area contributed by atoms with Gasteiger partial charge in [-0.1, -0.05) is 176 Å². The average Bonchev–Trinajstić information content (AvgIpc) is 3.83. The van der Waals surface area contributed by atoms with E-state index in [1.54, 1.807) is 0 Å². The summed E-state index contributed by atoms with van der Waals surface area (Å²) in [5, 5.41) is 5.25. The molecule has 0 amide bonds. The molecule has 2 aliphatic rings. The van der Waals surface area contributed by atoms with Crippen LogP contribution in [0.1, 0.15) is 22.3 Å². The van der Waals surface area contributed by atoms with Gasteiger partial charge in [0, 0.05) is 33.5 Å². The summed E-state index contributed by atoms with van der Waals surface area (Å²) in [4.78, 5) is 2.47. The molecule has 0 radical (unpaired) electrons. The minimum Gasteiger partial charge on any atom is -0.310 e. The van der Waals surface area contributed by atoms with Crippen molar-refractivity contribution in [2.45, 2.75) is 5.41 Å². The van der Waals surface area contributed by atoms with Crippen LogP contribution in [0, 0.1) is 0 Å². The van der Waals surface area contributed by atoms with Gasteiger partial charge in [0.2, 0.25) is 0 Å². The van der Waals surface area contributed by atoms with E-state index in [2.05, 4.69) is 240 Å². The minimum atomic E-state index is -0.556. The second-order valence-electron chi connectivity index (χ2n) is 16.4. The third kappa shape index (κ3) is 4.79. The van der Waals surface area contributed by atoms with Crippen LogP contribution in [0.15, 0.2) is 231 Å². The molecule has 1 heterocycles. The van der Waals surface area contributed by atoms with Crippen molar-refractivity contribution in [2.24, 2.45) is 0 Å². The van der Waals surface area contributed by atoms with Crippen LogP contribution in [0.3, 0.4) is 0 Å². The Morgan fingerprint density at radius 3 is 1.59 bits per heavy atom. The maximum atomic E-state index is 2.53. The van der Waals surface area contributed by atoms with Gasteiger partial charge in [-0.3, -0.25) is 0 Å². The molecule has 0 N–H and O–H groups in total. The molecule has 1 spiro atoms. The molecule has 13 rings (SSSR count). The zero-order chi connectivity index (χ0) is 40.1. The highest BCUT2D eigenvalue weighted by Gasteiger charge is 2.50. The van der Waals surface area contributed by atoms with Gasteiger partial charge >= 0.3 is 0 Å². The number of anilines is 3. The number of fused-ring (bicyclic) bond motifs is 7. The van der Waals surface area contributed by atoms with Crippen molar-refractivity contribution in [3.8, 4) is 39.1 Å². The molecule has 284 valence electrons. The van der Waals surface area contributed by atoms with Crippen molar-refractivity contribution in [3.63, 3.8) is 0 Å². The number of hydrogen-bond acceptors (Lipinski definition) is 1. The van der Waals surface area contributed by atoms with E-state index in [1.807, 2.05) is 0 Å². The summed E-state index contributed by atoms with van der Waals surface area (Å²) in [7, 11) is 0. The zero-order valence-corrected chi connectivity index (χ0v) is 33.3. The van der Waals surface area contributed by atoms with Crippen LogP contribution in [0.5, 0.6) is 0 Å². The van der Waals surface area contributed by atoms with Crippen molar-refractivity contribution in [1.82, 2.24) is 4.57 Å². The van der Waals surface area contributed by atoms with Gasteiger partial charge in [0.1, 0.15) is 0 Å². The standard InChI is InChI=1S/C59H38N2/c1-4-16-39(17-5-1)41-30-33-45(34-31-41)60(46-24-14-21-43(36-46)40-18-6-2-7-19-40)47-37-53-57-55(38-47)61(44-22-8-3-9-23-44)54-35-32-42-20-15-29-52(56(42)58(54)57)59(53)50-27-12-10-25-48(50)49-26-11-13-28-51(49)59/h1-38H. The summed E-state index contributed by atoms with van der Waals surface area (Å²) >= 11 is 0. The fraction of sp³-hybridized carbons (Fsp3) is 0.0169. The summed E-state index contributed by atoms with van der Waals surface area (Å²) in [6, 6.07) is 85.3. The minimum absolute atomic E-state index is 0.556. The van der Waals surface area contributed by atoms with E-state index in [0.29, 0.717) is 0 Å². The van der Waals surface area contributed by atoms with Crippen molar-refractivity contribution >= 4 is 49.6 Å². The van der Waals surface area contributed by atoms with Gasteiger partial charge in [0.15, 0.2) is 0 Å². The highest BCUT2D eigenvalue weighted by Crippen LogP contribution is 2.63. The first-order valence-corrected chi connectivity index (χ1v) is 21.2. The average molecular weight is 775 g/mol. The van der Waals surface area contributed by atoms with E-state index in [0.717, 1.165) is 22.7 Å². The lowest BCUT2D eigenvalue weighted by Gasteiger charge is -2.39. The molecule has 10 aromatic carbocycles. The summed E-state index contributed by atoms with van der Waals surface area (Å²) in [5.74, 6) is 0. The quantitative estimate of drug-likeness (QED) is 0.163. The van der Waals surface area contributed by atoms with Crippen molar-refractivity contribution in [1.29, 1.82) is 0 Å². The largest absolute Gasteiger partial charge is 0.310 e. The number of aromatic nitrogens is 1. The predicted octanol–water partition coefficient (Wildman–Crippen LogP) is 15.4. The molecule has 0 unspecified atom stereocenters. The maximum absolute atomic E-state index is 2.53. The van der Waals surface area contributed by atoms with E-state index in [9.17, 15) is 0 Å². The summed E-state index contributed by atoms with van der Waals surface area (Å²) in [5.41, 5.74) is 19.0. The van der Waals surface area contributed by atoms with Gasteiger partial charge < -0.3 is 9.47 Å². The van der Waals surface area contributed by atoms with Crippen molar-refractivity contribution < 1.29 is 0 Å². The normalized spacial score (nSPS) is 13.0. The van der Waals surface area contributed by atoms with Gasteiger partial charge in [-0.2, -0.15) is 0 Å². The highest BCUT2D eigenvalue weighted by molar-refractivity contribution is 6.27. The van der Waals surface area contributed by atoms with Crippen molar-refractivity contribution in [2.75, 3.05) is 4.90 Å². The monoisotopic (exact) mass is 774 g/mol. The lowest BCUT2D eigenvalue weighted by atomic mass is 9.63. The Bertz CT molecular complexity index is 3460. The van der Waals surface area contributed by atoms with E-state index in [1.165, 1.54) is 88.2 Å². The van der Waals surface area contributed by atoms with Gasteiger partial charge in [-0.05, 0) is 121 Å². The lowest BCUT2D eigenvalue weighted by Crippen LogP contribution is -2.31. The molecule has 2 aliphatic carbocycles. The van der Waals surface area contributed by atoms with E-state index in [-0.39, 0.29) is 0 Å². The SMILES string of the molecule is c1ccc(-c2ccc(N(c3cccc(-c4ccccc4)c3)c3cc4c5c6c7c(cccc7ccc6n(-c6ccccc6)c5c3)C43c4ccccc4-c4ccccc43)cc2)cc1. The van der Waals surface area contributed by atoms with Gasteiger partial charge in [-0.15, -0.1) is 0 Å². The second-order valence-corrected chi connectivity index (χ2v) is 16.4. The number of nitrogens with zero attached hydrogens (tertiary/aromatic N) is 2. The smallest absolute Gasteiger partial charge is 0.0727 e. The summed E-state index contributed by atoms with van der Waals surface area (Å²) in [6.07, 6.45) is 0. The Balaban J connectivity index is 1.18. The molecule has 0 saturated heterocycles. The third-order valence-corrected chi connectivity index (χ3v) is 13.3. The van der Waals surface area contributed by atoms with Crippen LogP contribution in [-0.2, 0) is 5.41 Å². The molecular weight excluding hydrogens is 737 g/mol. The maximum Gasteiger partial charge on any atom is 0.0727 e. The van der Waals surface area contributed by atoms with Crippen LogP contribution in [0.4, 0.5) is 17.1 Å². The lowest BCUT2D eigenvalue weighted by molar-refractivity contribution is 0.783. The summed E-state index contributed by atoms with van der Waals surface area (Å²) < 4.78 is 2.51. The second kappa shape index (κ2) is 13.0. The number of hydrogen-bond donors (Lipinski definition) is 0. The Morgan fingerprint density at radius 2 is 0.885 bits per heavy atom. The molecule has 2 heteroatoms. The van der Waals surface area contributed by atoms with Crippen LogP contribution < -0.4 is 4.90 Å². The van der Waals surface area contributed by atoms with Gasteiger partial charge in [0.05, 0.1) is 16.4 Å². The topological polar surface area (TPSA) is 8.17 Å². The molecular formula is C59H38N2. The molecule has 1 aromatic heterocycles. The number of benzene rings is 10. The molecule has 2 nitrogen and oxygen atoms in total. The molecule has 0 atom stereocenters. The van der Waals surface area contributed by atoms with E-state index < -0.39 is 5.41 Å². The first-order chi connectivity index (χ1) is 30.3. The molecule has 0 aliphatic heterocycles. The van der Waals surface area contributed by atoms with Gasteiger partial charge in [-0.25, -0.2) is 0 Å². The van der Waals surface area contributed by atoms with E-state index >= 15 is 0 Å². The fourth-order valence-corrected chi connectivity index (χ4v) is 10.9. The van der Waals surface area contributed by atoms with Crippen LogP contribution in [-0.4, -0.2) is 4.57 Å². The Morgan fingerprint density at radius 1 is 0.311 bits per heavy atom. The van der Waals surface area contributed by atoms with Crippen LogP contribution in [0.25, 0.3) is 71.6 Å². The fourth-order valence-electron chi connectivity index (χ4n) is 10.9. The van der Waals surface area contributed by atoms with Crippen LogP contribution >= 0.6 is 0 Å². The van der Waals surface area contributed by atoms with Gasteiger partial charge in [0.25, 0.3) is 0 Å². The van der Waals surface area contributed by atoms with Crippen LogP contribution in [0.2, 0.25) is 0 Å². The molecule has 11 aromatic rings. The first-order valence-electron chi connectivity index (χ1n) is 21.2. The predicted molar refractivity (Wildman–Crippen MR) is 255 cm³/mol. The number of rotatable bonds is 6.